The largest absolute Gasteiger partial charge is 0.497 e. The molecule has 35 heavy (non-hydrogen) atoms. The molecule has 0 radical (unpaired) electrons. The molecule has 184 valence electrons. The summed E-state index contributed by atoms with van der Waals surface area (Å²) in [6.45, 7) is 3.44. The number of likely N-dealkylation sites (tertiary alicyclic amines) is 1. The molecule has 8 heteroatoms. The summed E-state index contributed by atoms with van der Waals surface area (Å²) in [7, 11) is 1.66. The van der Waals surface area contributed by atoms with Gasteiger partial charge in [0.1, 0.15) is 5.75 Å². The third kappa shape index (κ3) is 7.55. The number of carbonyl (C=O) groups is 3. The molecule has 8 nitrogen and oxygen atoms in total. The third-order valence-electron chi connectivity index (χ3n) is 6.04. The number of benzene rings is 3. The molecule has 1 fully saturated rings. The lowest BCUT2D eigenvalue weighted by atomic mass is 9.95. The van der Waals surface area contributed by atoms with E-state index in [-0.39, 0.29) is 11.8 Å². The number of nitrogens with one attached hydrogen (secondary N) is 1. The number of amides is 1. The fourth-order valence-electron chi connectivity index (χ4n) is 4.10. The van der Waals surface area contributed by atoms with Crippen LogP contribution in [0.3, 0.4) is 0 Å². The van der Waals surface area contributed by atoms with E-state index in [1.54, 1.807) is 7.11 Å². The Morgan fingerprint density at radius 2 is 1.54 bits per heavy atom. The highest BCUT2D eigenvalue weighted by molar-refractivity contribution is 6.27. The quantitative estimate of drug-likeness (QED) is 0.464. The van der Waals surface area contributed by atoms with E-state index in [4.69, 9.17) is 24.5 Å². The number of carbonyl (C=O) groups excluding carboxylic acids is 1. The summed E-state index contributed by atoms with van der Waals surface area (Å²) >= 11 is 0. The lowest BCUT2D eigenvalue weighted by Gasteiger charge is -2.31. The van der Waals surface area contributed by atoms with Crippen molar-refractivity contribution >= 4 is 28.6 Å². The molecule has 3 aromatic carbocycles. The first-order valence-corrected chi connectivity index (χ1v) is 11.4. The van der Waals surface area contributed by atoms with Gasteiger partial charge in [-0.05, 0) is 60.0 Å². The van der Waals surface area contributed by atoms with Crippen molar-refractivity contribution in [3.8, 4) is 5.75 Å². The Morgan fingerprint density at radius 3 is 2.17 bits per heavy atom. The van der Waals surface area contributed by atoms with Crippen molar-refractivity contribution in [2.45, 2.75) is 25.9 Å². The van der Waals surface area contributed by atoms with Gasteiger partial charge in [-0.2, -0.15) is 0 Å². The highest BCUT2D eigenvalue weighted by Gasteiger charge is 2.25. The minimum atomic E-state index is -1.82. The van der Waals surface area contributed by atoms with Gasteiger partial charge in [-0.15, -0.1) is 0 Å². The number of rotatable bonds is 6. The van der Waals surface area contributed by atoms with E-state index in [2.05, 4.69) is 52.7 Å². The maximum absolute atomic E-state index is 12.6. The first-order valence-electron chi connectivity index (χ1n) is 11.4. The summed E-state index contributed by atoms with van der Waals surface area (Å²) in [5, 5.41) is 20.5. The van der Waals surface area contributed by atoms with Crippen molar-refractivity contribution in [2.75, 3.05) is 20.2 Å². The molecule has 1 heterocycles. The van der Waals surface area contributed by atoms with Gasteiger partial charge in [0.2, 0.25) is 5.91 Å². The molecule has 3 aromatic rings. The highest BCUT2D eigenvalue weighted by Crippen LogP contribution is 2.23. The van der Waals surface area contributed by atoms with Gasteiger partial charge in [0, 0.05) is 19.0 Å². The number of ether oxygens (including phenoxy) is 1. The van der Waals surface area contributed by atoms with Crippen LogP contribution >= 0.6 is 0 Å². The molecule has 1 aliphatic rings. The summed E-state index contributed by atoms with van der Waals surface area (Å²) in [6.07, 6.45) is 1.83. The van der Waals surface area contributed by atoms with Crippen LogP contribution in [0.25, 0.3) is 10.8 Å². The molecule has 1 saturated heterocycles. The number of carboxylic acid groups (broad SMARTS) is 2. The highest BCUT2D eigenvalue weighted by atomic mass is 16.5. The normalized spacial score (nSPS) is 14.0. The summed E-state index contributed by atoms with van der Waals surface area (Å²) in [5.41, 5.74) is 2.46. The molecule has 1 aliphatic heterocycles. The summed E-state index contributed by atoms with van der Waals surface area (Å²) in [6, 6.07) is 22.9. The second kappa shape index (κ2) is 12.5. The van der Waals surface area contributed by atoms with Gasteiger partial charge >= 0.3 is 11.9 Å². The van der Waals surface area contributed by atoms with Gasteiger partial charge in [-0.3, -0.25) is 9.69 Å². The predicted octanol–water partition coefficient (Wildman–Crippen LogP) is 3.53. The van der Waals surface area contributed by atoms with Crippen molar-refractivity contribution in [3.05, 3.63) is 77.9 Å². The predicted molar refractivity (Wildman–Crippen MR) is 132 cm³/mol. The molecule has 3 N–H and O–H groups in total. The van der Waals surface area contributed by atoms with E-state index in [0.29, 0.717) is 6.54 Å². The van der Waals surface area contributed by atoms with Gasteiger partial charge < -0.3 is 20.3 Å². The van der Waals surface area contributed by atoms with Gasteiger partial charge in [-0.1, -0.05) is 54.6 Å². The monoisotopic (exact) mass is 478 g/mol. The topological polar surface area (TPSA) is 116 Å². The Bertz CT molecular complexity index is 1140. The number of fused-ring (bicyclic) bond motifs is 1. The average Bonchev–Trinajstić information content (AvgIpc) is 2.88. The van der Waals surface area contributed by atoms with Crippen molar-refractivity contribution in [1.82, 2.24) is 10.2 Å². The molecule has 0 bridgehead atoms. The van der Waals surface area contributed by atoms with E-state index in [0.717, 1.165) is 43.8 Å². The third-order valence-corrected chi connectivity index (χ3v) is 6.04. The molecule has 1 amide bonds. The van der Waals surface area contributed by atoms with Crippen molar-refractivity contribution in [1.29, 1.82) is 0 Å². The number of methoxy groups -OCH3 is 1. The van der Waals surface area contributed by atoms with Crippen molar-refractivity contribution in [3.63, 3.8) is 0 Å². The fraction of sp³-hybridized carbons (Fsp3) is 0.296. The molecular formula is C27H30N2O6. The summed E-state index contributed by atoms with van der Waals surface area (Å²) < 4.78 is 5.17. The SMILES string of the molecule is COc1ccc(CNC(=O)C2CCN(Cc3cccc4ccccc34)CC2)cc1.O=C(O)C(=O)O. The molecule has 0 atom stereocenters. The van der Waals surface area contributed by atoms with Crippen LogP contribution in [0.15, 0.2) is 66.7 Å². The lowest BCUT2D eigenvalue weighted by molar-refractivity contribution is -0.159. The summed E-state index contributed by atoms with van der Waals surface area (Å²) in [5.74, 6) is -2.54. The van der Waals surface area contributed by atoms with Gasteiger partial charge in [0.25, 0.3) is 0 Å². The van der Waals surface area contributed by atoms with E-state index in [9.17, 15) is 4.79 Å². The van der Waals surface area contributed by atoms with E-state index in [1.807, 2.05) is 24.3 Å². The fourth-order valence-corrected chi connectivity index (χ4v) is 4.10. The van der Waals surface area contributed by atoms with Crippen LogP contribution < -0.4 is 10.1 Å². The van der Waals surface area contributed by atoms with Crippen LogP contribution in [0, 0.1) is 5.92 Å². The number of piperidine rings is 1. The number of carboxylic acids is 2. The number of hydrogen-bond acceptors (Lipinski definition) is 5. The lowest BCUT2D eigenvalue weighted by Crippen LogP contribution is -2.40. The molecule has 0 aromatic heterocycles. The maximum atomic E-state index is 12.6. The van der Waals surface area contributed by atoms with Gasteiger partial charge in [0.15, 0.2) is 0 Å². The van der Waals surface area contributed by atoms with E-state index in [1.165, 1.54) is 16.3 Å². The summed E-state index contributed by atoms with van der Waals surface area (Å²) in [4.78, 5) is 33.2. The average molecular weight is 479 g/mol. The minimum absolute atomic E-state index is 0.108. The van der Waals surface area contributed by atoms with E-state index >= 15 is 0 Å². The zero-order valence-electron chi connectivity index (χ0n) is 19.6. The Labute approximate surface area is 204 Å². The van der Waals surface area contributed by atoms with Gasteiger partial charge in [0.05, 0.1) is 7.11 Å². The maximum Gasteiger partial charge on any atom is 0.414 e. The van der Waals surface area contributed by atoms with E-state index < -0.39 is 11.9 Å². The smallest absolute Gasteiger partial charge is 0.414 e. The second-order valence-electron chi connectivity index (χ2n) is 8.36. The minimum Gasteiger partial charge on any atom is -0.497 e. The Morgan fingerprint density at radius 1 is 0.914 bits per heavy atom. The standard InChI is InChI=1S/C25H28N2O2.C2H2O4/c1-29-23-11-9-19(10-12-23)17-26-25(28)21-13-15-27(16-14-21)18-22-7-4-6-20-5-2-3-8-24(20)22;3-1(4)2(5)6/h2-12,21H,13-18H2,1H3,(H,26,28);(H,3,4)(H,5,6). The molecule has 0 unspecified atom stereocenters. The Balaban J connectivity index is 0.000000509. The van der Waals surface area contributed by atoms with Crippen molar-refractivity contribution in [2.24, 2.45) is 5.92 Å². The first-order chi connectivity index (χ1) is 16.9. The molecular weight excluding hydrogens is 448 g/mol. The van der Waals surface area contributed by atoms with Crippen LogP contribution in [-0.2, 0) is 27.5 Å². The van der Waals surface area contributed by atoms with Crippen LogP contribution in [0.4, 0.5) is 0 Å². The first kappa shape index (κ1) is 25.7. The van der Waals surface area contributed by atoms with Gasteiger partial charge in [-0.25, -0.2) is 9.59 Å². The number of nitrogens with zero attached hydrogens (tertiary/aromatic N) is 1. The van der Waals surface area contributed by atoms with Crippen LogP contribution in [0.2, 0.25) is 0 Å². The van der Waals surface area contributed by atoms with Crippen LogP contribution in [0.1, 0.15) is 24.0 Å². The Hall–Kier alpha value is -3.91. The molecule has 0 spiro atoms. The van der Waals surface area contributed by atoms with Crippen LogP contribution in [-0.4, -0.2) is 53.2 Å². The molecule has 0 saturated carbocycles. The number of aliphatic carboxylic acids is 2. The Kier molecular flexibility index (Phi) is 9.20. The zero-order valence-corrected chi connectivity index (χ0v) is 19.6. The van der Waals surface area contributed by atoms with Crippen molar-refractivity contribution < 1.29 is 29.3 Å². The second-order valence-corrected chi connectivity index (χ2v) is 8.36. The zero-order chi connectivity index (χ0) is 25.2. The van der Waals surface area contributed by atoms with Crippen LogP contribution in [0.5, 0.6) is 5.75 Å². The molecule has 0 aliphatic carbocycles. The number of hydrogen-bond donors (Lipinski definition) is 3. The molecule has 4 rings (SSSR count).